The molecular formula is C16H31NOS. The number of thiol groups is 1. The monoisotopic (exact) mass is 285 g/mol. The molecule has 3 heteroatoms. The van der Waals surface area contributed by atoms with Gasteiger partial charge in [0.25, 0.3) is 0 Å². The molecule has 2 rings (SSSR count). The van der Waals surface area contributed by atoms with Gasteiger partial charge in [-0.25, -0.2) is 0 Å². The highest BCUT2D eigenvalue weighted by atomic mass is 32.1. The van der Waals surface area contributed by atoms with E-state index in [1.807, 2.05) is 0 Å². The lowest BCUT2D eigenvalue weighted by Crippen LogP contribution is -2.38. The molecule has 2 nitrogen and oxygen atoms in total. The first-order valence-corrected chi connectivity index (χ1v) is 8.74. The highest BCUT2D eigenvalue weighted by molar-refractivity contribution is 7.80. The summed E-state index contributed by atoms with van der Waals surface area (Å²) in [6, 6.07) is 0. The van der Waals surface area contributed by atoms with Crippen molar-refractivity contribution >= 4 is 12.6 Å². The summed E-state index contributed by atoms with van der Waals surface area (Å²) in [5, 5.41) is 0. The number of ether oxygens (including phenoxy) is 1. The maximum absolute atomic E-state index is 5.75. The second-order valence-electron chi connectivity index (χ2n) is 6.83. The molecule has 112 valence electrons. The third kappa shape index (κ3) is 5.65. The fraction of sp³-hybridized carbons (Fsp3) is 1.00. The third-order valence-corrected chi connectivity index (χ3v) is 5.44. The van der Waals surface area contributed by atoms with Crippen molar-refractivity contribution in [2.24, 2.45) is 11.3 Å². The van der Waals surface area contributed by atoms with E-state index >= 15 is 0 Å². The highest BCUT2D eigenvalue weighted by Crippen LogP contribution is 2.36. The lowest BCUT2D eigenvalue weighted by molar-refractivity contribution is 0.0871. The largest absolute Gasteiger partial charge is 0.380 e. The zero-order chi connectivity index (χ0) is 13.6. The van der Waals surface area contributed by atoms with Gasteiger partial charge in [-0.2, -0.15) is 12.6 Å². The highest BCUT2D eigenvalue weighted by Gasteiger charge is 2.30. The molecule has 0 atom stereocenters. The van der Waals surface area contributed by atoms with E-state index in [4.69, 9.17) is 4.74 Å². The molecule has 0 aromatic heterocycles. The van der Waals surface area contributed by atoms with Gasteiger partial charge < -0.3 is 9.64 Å². The number of hydrogen-bond acceptors (Lipinski definition) is 3. The summed E-state index contributed by atoms with van der Waals surface area (Å²) in [5.41, 5.74) is 0.463. The molecule has 0 N–H and O–H groups in total. The normalized spacial score (nSPS) is 23.5. The Hall–Kier alpha value is 0.270. The summed E-state index contributed by atoms with van der Waals surface area (Å²) < 4.78 is 5.75. The second kappa shape index (κ2) is 7.90. The van der Waals surface area contributed by atoms with Crippen LogP contribution in [0.5, 0.6) is 0 Å². The maximum Gasteiger partial charge on any atom is 0.0593 e. The van der Waals surface area contributed by atoms with Crippen LogP contribution < -0.4 is 0 Å². The van der Waals surface area contributed by atoms with E-state index in [1.165, 1.54) is 57.9 Å². The Balaban J connectivity index is 1.66. The van der Waals surface area contributed by atoms with E-state index in [0.717, 1.165) is 31.4 Å². The number of likely N-dealkylation sites (N-methyl/N-ethyl adjacent to an activating group) is 1. The van der Waals surface area contributed by atoms with Crippen LogP contribution in [0.2, 0.25) is 0 Å². The number of rotatable bonds is 8. The van der Waals surface area contributed by atoms with Gasteiger partial charge in [0.2, 0.25) is 0 Å². The molecule has 0 unspecified atom stereocenters. The Morgan fingerprint density at radius 2 is 1.84 bits per heavy atom. The van der Waals surface area contributed by atoms with Crippen LogP contribution in [0.1, 0.15) is 51.4 Å². The standard InChI is InChI=1S/C16H31NOS/c1-17(10-11-18-12-15-6-7-15)13-16(14-19)8-4-2-3-5-9-16/h15,19H,2-14H2,1H3. The van der Waals surface area contributed by atoms with E-state index in [2.05, 4.69) is 24.6 Å². The van der Waals surface area contributed by atoms with Crippen molar-refractivity contribution in [3.8, 4) is 0 Å². The van der Waals surface area contributed by atoms with Crippen molar-refractivity contribution in [3.05, 3.63) is 0 Å². The minimum atomic E-state index is 0.463. The second-order valence-corrected chi connectivity index (χ2v) is 7.14. The summed E-state index contributed by atoms with van der Waals surface area (Å²) in [6.45, 7) is 4.16. The summed E-state index contributed by atoms with van der Waals surface area (Å²) in [5.74, 6) is 1.93. The van der Waals surface area contributed by atoms with Gasteiger partial charge in [0, 0.05) is 19.7 Å². The molecule has 2 fully saturated rings. The van der Waals surface area contributed by atoms with Crippen LogP contribution >= 0.6 is 12.6 Å². The fourth-order valence-electron chi connectivity index (χ4n) is 3.25. The van der Waals surface area contributed by atoms with Crippen molar-refractivity contribution in [2.75, 3.05) is 39.1 Å². The van der Waals surface area contributed by atoms with Gasteiger partial charge in [-0.05, 0) is 49.8 Å². The third-order valence-electron chi connectivity index (χ3n) is 4.77. The minimum absolute atomic E-state index is 0.463. The molecule has 0 spiro atoms. The van der Waals surface area contributed by atoms with Crippen LogP contribution in [-0.2, 0) is 4.74 Å². The van der Waals surface area contributed by atoms with E-state index in [1.54, 1.807) is 0 Å². The Kier molecular flexibility index (Phi) is 6.51. The van der Waals surface area contributed by atoms with Gasteiger partial charge in [0.15, 0.2) is 0 Å². The molecule has 2 aliphatic carbocycles. The maximum atomic E-state index is 5.75. The van der Waals surface area contributed by atoms with Gasteiger partial charge in [-0.3, -0.25) is 0 Å². The summed E-state index contributed by atoms with van der Waals surface area (Å²) in [7, 11) is 2.25. The summed E-state index contributed by atoms with van der Waals surface area (Å²) >= 11 is 4.66. The molecular weight excluding hydrogens is 254 g/mol. The van der Waals surface area contributed by atoms with Gasteiger partial charge in [0.1, 0.15) is 0 Å². The molecule has 0 heterocycles. The van der Waals surface area contributed by atoms with Gasteiger partial charge in [0.05, 0.1) is 6.61 Å². The predicted molar refractivity (Wildman–Crippen MR) is 85.0 cm³/mol. The molecule has 0 saturated heterocycles. The zero-order valence-corrected chi connectivity index (χ0v) is 13.5. The van der Waals surface area contributed by atoms with Crippen molar-refractivity contribution in [2.45, 2.75) is 51.4 Å². The lowest BCUT2D eigenvalue weighted by atomic mass is 9.82. The average Bonchev–Trinajstić information content (AvgIpc) is 3.22. The molecule has 2 aliphatic rings. The summed E-state index contributed by atoms with van der Waals surface area (Å²) in [6.07, 6.45) is 11.1. The number of hydrogen-bond donors (Lipinski definition) is 1. The van der Waals surface area contributed by atoms with Crippen molar-refractivity contribution in [3.63, 3.8) is 0 Å². The Morgan fingerprint density at radius 1 is 1.16 bits per heavy atom. The first kappa shape index (κ1) is 15.7. The lowest BCUT2D eigenvalue weighted by Gasteiger charge is -2.35. The molecule has 0 aliphatic heterocycles. The first-order chi connectivity index (χ1) is 9.24. The molecule has 0 aromatic rings. The SMILES string of the molecule is CN(CCOCC1CC1)CC1(CS)CCCCCC1. The van der Waals surface area contributed by atoms with Crippen molar-refractivity contribution < 1.29 is 4.74 Å². The summed E-state index contributed by atoms with van der Waals surface area (Å²) in [4.78, 5) is 2.47. The Labute approximate surface area is 124 Å². The zero-order valence-electron chi connectivity index (χ0n) is 12.6. The van der Waals surface area contributed by atoms with Gasteiger partial charge in [-0.15, -0.1) is 0 Å². The molecule has 0 radical (unpaired) electrons. The minimum Gasteiger partial charge on any atom is -0.380 e. The van der Waals surface area contributed by atoms with Gasteiger partial charge >= 0.3 is 0 Å². The van der Waals surface area contributed by atoms with Crippen LogP contribution in [0.15, 0.2) is 0 Å². The van der Waals surface area contributed by atoms with Crippen molar-refractivity contribution in [1.29, 1.82) is 0 Å². The van der Waals surface area contributed by atoms with E-state index in [-0.39, 0.29) is 0 Å². The number of nitrogens with zero attached hydrogens (tertiary/aromatic N) is 1. The first-order valence-electron chi connectivity index (χ1n) is 8.11. The molecule has 0 bridgehead atoms. The Bertz CT molecular complexity index is 247. The van der Waals surface area contributed by atoms with Crippen LogP contribution in [0.4, 0.5) is 0 Å². The molecule has 0 amide bonds. The van der Waals surface area contributed by atoms with Crippen molar-refractivity contribution in [1.82, 2.24) is 4.90 Å². The smallest absolute Gasteiger partial charge is 0.0593 e. The topological polar surface area (TPSA) is 12.5 Å². The Morgan fingerprint density at radius 3 is 2.42 bits per heavy atom. The molecule has 19 heavy (non-hydrogen) atoms. The van der Waals surface area contributed by atoms with E-state index in [0.29, 0.717) is 5.41 Å². The predicted octanol–water partition coefficient (Wildman–Crippen LogP) is 3.62. The van der Waals surface area contributed by atoms with E-state index in [9.17, 15) is 0 Å². The quantitative estimate of drug-likeness (QED) is 0.415. The molecule has 2 saturated carbocycles. The average molecular weight is 285 g/mol. The molecule has 0 aromatic carbocycles. The van der Waals surface area contributed by atoms with Crippen LogP contribution in [-0.4, -0.2) is 44.0 Å². The van der Waals surface area contributed by atoms with Crippen LogP contribution in [0, 0.1) is 11.3 Å². The van der Waals surface area contributed by atoms with Crippen LogP contribution in [0.25, 0.3) is 0 Å². The van der Waals surface area contributed by atoms with E-state index < -0.39 is 0 Å². The fourth-order valence-corrected chi connectivity index (χ4v) is 3.67. The van der Waals surface area contributed by atoms with Crippen LogP contribution in [0.3, 0.4) is 0 Å². The van der Waals surface area contributed by atoms with Gasteiger partial charge in [-0.1, -0.05) is 25.7 Å².